The van der Waals surface area contributed by atoms with Crippen LogP contribution in [0, 0.1) is 0 Å². The lowest BCUT2D eigenvalue weighted by Crippen LogP contribution is -2.30. The number of hydrogen-bond acceptors (Lipinski definition) is 15. The average molecular weight is 1460 g/mol. The van der Waals surface area contributed by atoms with Crippen molar-refractivity contribution in [1.29, 1.82) is 0 Å². The van der Waals surface area contributed by atoms with Gasteiger partial charge in [0.25, 0.3) is 0 Å². The van der Waals surface area contributed by atoms with Gasteiger partial charge < -0.3 is 33.8 Å². The summed E-state index contributed by atoms with van der Waals surface area (Å²) >= 11 is 0. The maximum Gasteiger partial charge on any atom is 0.472 e. The normalized spacial score (nSPS) is 13.9. The Morgan fingerprint density at radius 1 is 0.280 bits per heavy atom. The molecule has 19 heteroatoms. The highest BCUT2D eigenvalue weighted by atomic mass is 31.2. The van der Waals surface area contributed by atoms with Crippen LogP contribution in [0.3, 0.4) is 0 Å². The number of aliphatic hydroxyl groups excluding tert-OH is 1. The fourth-order valence-electron chi connectivity index (χ4n) is 12.1. The highest BCUT2D eigenvalue weighted by Gasteiger charge is 2.30. The quantitative estimate of drug-likeness (QED) is 0.0169. The molecule has 0 aromatic carbocycles. The lowest BCUT2D eigenvalue weighted by molar-refractivity contribution is -0.161. The number of rotatable bonds is 80. The Hall–Kier alpha value is -2.46. The topological polar surface area (TPSA) is 237 Å². The van der Waals surface area contributed by atoms with Gasteiger partial charge in [0.05, 0.1) is 26.4 Å². The third kappa shape index (κ3) is 73.8. The van der Waals surface area contributed by atoms with E-state index >= 15 is 0 Å². The summed E-state index contributed by atoms with van der Waals surface area (Å²) in [7, 11) is -9.92. The van der Waals surface area contributed by atoms with E-state index < -0.39 is 97.5 Å². The van der Waals surface area contributed by atoms with Crippen molar-refractivity contribution in [2.75, 3.05) is 39.6 Å². The summed E-state index contributed by atoms with van der Waals surface area (Å²) in [5, 5.41) is 10.6. The van der Waals surface area contributed by atoms with Gasteiger partial charge in [-0.3, -0.25) is 37.3 Å². The molecule has 3 N–H and O–H groups in total. The Kier molecular flexibility index (Phi) is 73.0. The Morgan fingerprint density at radius 2 is 0.480 bits per heavy atom. The molecule has 0 aliphatic rings. The van der Waals surface area contributed by atoms with Crippen LogP contribution >= 0.6 is 15.6 Å². The van der Waals surface area contributed by atoms with Gasteiger partial charge in [-0.25, -0.2) is 9.13 Å². The number of allylic oxidation sites excluding steroid dienone is 4. The Morgan fingerprint density at radius 3 is 0.730 bits per heavy atom. The first-order chi connectivity index (χ1) is 48.7. The molecule has 2 unspecified atom stereocenters. The fourth-order valence-corrected chi connectivity index (χ4v) is 13.7. The van der Waals surface area contributed by atoms with Gasteiger partial charge in [0.15, 0.2) is 12.2 Å². The second-order valence-corrected chi connectivity index (χ2v) is 31.4. The minimum absolute atomic E-state index is 0.0847. The molecule has 0 saturated carbocycles. The predicted molar refractivity (Wildman–Crippen MR) is 409 cm³/mol. The van der Waals surface area contributed by atoms with Crippen LogP contribution in [0.2, 0.25) is 0 Å². The number of carbonyl (C=O) groups is 4. The number of carbonyl (C=O) groups excluding carboxylic acids is 4. The van der Waals surface area contributed by atoms with E-state index in [1.807, 2.05) is 0 Å². The van der Waals surface area contributed by atoms with Crippen molar-refractivity contribution in [3.05, 3.63) is 24.3 Å². The molecule has 0 bridgehead atoms. The van der Waals surface area contributed by atoms with E-state index in [2.05, 4.69) is 52.0 Å². The molecule has 0 aliphatic carbocycles. The van der Waals surface area contributed by atoms with Crippen molar-refractivity contribution in [3.63, 3.8) is 0 Å². The molecule has 0 spiro atoms. The summed E-state index contributed by atoms with van der Waals surface area (Å²) in [6.45, 7) is 4.86. The molecule has 0 rings (SSSR count). The summed E-state index contributed by atoms with van der Waals surface area (Å²) in [5.74, 6) is -2.15. The summed E-state index contributed by atoms with van der Waals surface area (Å²) in [5.41, 5.74) is 0. The van der Waals surface area contributed by atoms with Gasteiger partial charge in [-0.2, -0.15) is 0 Å². The molecular formula is C81H154O17P2. The molecular weight excluding hydrogens is 1310 g/mol. The summed E-state index contributed by atoms with van der Waals surface area (Å²) in [6, 6.07) is 0. The van der Waals surface area contributed by atoms with Crippen molar-refractivity contribution in [2.24, 2.45) is 0 Å². The minimum Gasteiger partial charge on any atom is -0.462 e. The summed E-state index contributed by atoms with van der Waals surface area (Å²) in [6.07, 6.45) is 70.8. The number of unbranched alkanes of at least 4 members (excludes halogenated alkanes) is 51. The Balaban J connectivity index is 5.14. The van der Waals surface area contributed by atoms with Gasteiger partial charge in [-0.1, -0.05) is 360 Å². The zero-order valence-electron chi connectivity index (χ0n) is 64.7. The maximum atomic E-state index is 13.1. The molecule has 0 heterocycles. The van der Waals surface area contributed by atoms with Gasteiger partial charge in [0, 0.05) is 25.7 Å². The zero-order chi connectivity index (χ0) is 73.2. The van der Waals surface area contributed by atoms with Crippen molar-refractivity contribution in [3.8, 4) is 0 Å². The third-order valence-corrected chi connectivity index (χ3v) is 20.4. The molecule has 0 fully saturated rings. The van der Waals surface area contributed by atoms with E-state index in [1.54, 1.807) is 0 Å². The highest BCUT2D eigenvalue weighted by Crippen LogP contribution is 2.45. The van der Waals surface area contributed by atoms with E-state index in [-0.39, 0.29) is 25.7 Å². The van der Waals surface area contributed by atoms with E-state index in [4.69, 9.17) is 37.0 Å². The Labute approximate surface area is 612 Å². The van der Waals surface area contributed by atoms with Crippen LogP contribution in [0.15, 0.2) is 24.3 Å². The molecule has 0 aromatic heterocycles. The summed E-state index contributed by atoms with van der Waals surface area (Å²) in [4.78, 5) is 72.7. The van der Waals surface area contributed by atoms with Crippen molar-refractivity contribution in [2.45, 2.75) is 431 Å². The lowest BCUT2D eigenvalue weighted by Gasteiger charge is -2.21. The predicted octanol–water partition coefficient (Wildman–Crippen LogP) is 24.1. The number of hydrogen-bond donors (Lipinski definition) is 3. The van der Waals surface area contributed by atoms with Crippen LogP contribution in [-0.2, 0) is 65.4 Å². The molecule has 5 atom stereocenters. The molecule has 0 amide bonds. The lowest BCUT2D eigenvalue weighted by atomic mass is 10.0. The first kappa shape index (κ1) is 97.5. The monoisotopic (exact) mass is 1460 g/mol. The van der Waals surface area contributed by atoms with Gasteiger partial charge in [0.1, 0.15) is 19.3 Å². The van der Waals surface area contributed by atoms with Crippen LogP contribution in [0.1, 0.15) is 413 Å². The highest BCUT2D eigenvalue weighted by molar-refractivity contribution is 7.47. The van der Waals surface area contributed by atoms with E-state index in [1.165, 1.54) is 225 Å². The summed E-state index contributed by atoms with van der Waals surface area (Å²) < 4.78 is 68.4. The standard InChI is InChI=1S/C81H154O17P2/c1-5-9-13-17-20-23-26-29-32-34-36-38-40-43-45-48-51-54-58-62-66-79(84)92-72-77(98-81(86)68-64-60-56-53-50-47-44-41-39-37-35-33-30-27-24-21-18-14-10-6-2)74-96-100(89,90)94-70-75(82)69-93-99(87,88)95-73-76(71-91-78(83)65-61-57-16-12-8-4)97-80(85)67-63-59-55-52-49-46-42-31-28-25-22-19-15-11-7-3/h25,28,31,42,75-77,82H,5-24,26-27,29-30,32-41,43-74H2,1-4H3,(H,87,88)(H,89,90)/b28-25-,42-31-/t75-,76+,77+/m0/s1. The third-order valence-electron chi connectivity index (χ3n) is 18.5. The van der Waals surface area contributed by atoms with Crippen LogP contribution in [0.25, 0.3) is 0 Å². The number of aliphatic hydroxyl groups is 1. The molecule has 0 saturated heterocycles. The molecule has 17 nitrogen and oxygen atoms in total. The maximum absolute atomic E-state index is 13.1. The van der Waals surface area contributed by atoms with Crippen molar-refractivity contribution in [1.82, 2.24) is 0 Å². The van der Waals surface area contributed by atoms with Gasteiger partial charge in [-0.05, 0) is 51.4 Å². The van der Waals surface area contributed by atoms with E-state index in [0.29, 0.717) is 25.7 Å². The fraction of sp³-hybridized carbons (Fsp3) is 0.901. The van der Waals surface area contributed by atoms with Crippen LogP contribution in [0.5, 0.6) is 0 Å². The first-order valence-corrected chi connectivity index (χ1v) is 44.6. The zero-order valence-corrected chi connectivity index (χ0v) is 66.5. The van der Waals surface area contributed by atoms with Gasteiger partial charge in [0.2, 0.25) is 0 Å². The van der Waals surface area contributed by atoms with Gasteiger partial charge in [-0.15, -0.1) is 0 Å². The number of phosphoric ester groups is 2. The van der Waals surface area contributed by atoms with Gasteiger partial charge >= 0.3 is 39.5 Å². The number of ether oxygens (including phenoxy) is 4. The van der Waals surface area contributed by atoms with E-state index in [0.717, 1.165) is 109 Å². The SMILES string of the molecule is CCCCCC/C=C\C=C/CCCCCCCC(=O)O[C@H](COC(=O)CCCCCCC)COP(=O)(O)OC[C@H](O)COP(=O)(O)OC[C@@H](COC(=O)CCCCCCCCCCCCCCCCCCCCCC)OC(=O)CCCCCCCCCCCCCCCCCCCCCC. The molecule has 0 aromatic rings. The molecule has 0 radical (unpaired) electrons. The Bertz CT molecular complexity index is 1990. The minimum atomic E-state index is -4.96. The molecule has 590 valence electrons. The second-order valence-electron chi connectivity index (χ2n) is 28.5. The van der Waals surface area contributed by atoms with Crippen LogP contribution < -0.4 is 0 Å². The van der Waals surface area contributed by atoms with Crippen molar-refractivity contribution >= 4 is 39.5 Å². The van der Waals surface area contributed by atoms with E-state index in [9.17, 15) is 43.2 Å². The number of esters is 4. The second kappa shape index (κ2) is 74.8. The smallest absolute Gasteiger partial charge is 0.462 e. The molecule has 0 aliphatic heterocycles. The van der Waals surface area contributed by atoms with Crippen molar-refractivity contribution < 1.29 is 80.2 Å². The average Bonchev–Trinajstić information content (AvgIpc) is 0.930. The number of phosphoric acid groups is 2. The first-order valence-electron chi connectivity index (χ1n) is 41.6. The van der Waals surface area contributed by atoms with Crippen LogP contribution in [-0.4, -0.2) is 96.7 Å². The largest absolute Gasteiger partial charge is 0.472 e. The van der Waals surface area contributed by atoms with Crippen LogP contribution in [0.4, 0.5) is 0 Å². The molecule has 100 heavy (non-hydrogen) atoms.